The number of halogens is 1. The number of carboxylic acid groups (broad SMARTS) is 1. The number of rotatable bonds is 8. The van der Waals surface area contributed by atoms with Gasteiger partial charge in [-0.3, -0.25) is 0 Å². The highest BCUT2D eigenvalue weighted by Crippen LogP contribution is 2.29. The second kappa shape index (κ2) is 9.96. The summed E-state index contributed by atoms with van der Waals surface area (Å²) in [5.41, 5.74) is 0.680. The second-order valence-corrected chi connectivity index (χ2v) is 7.64. The molecule has 30 heavy (non-hydrogen) atoms. The van der Waals surface area contributed by atoms with Crippen LogP contribution in [-0.4, -0.2) is 35.9 Å². The molecule has 0 aliphatic rings. The summed E-state index contributed by atoms with van der Waals surface area (Å²) in [5, 5.41) is 11.8. The van der Waals surface area contributed by atoms with Crippen molar-refractivity contribution in [1.82, 2.24) is 5.32 Å². The highest BCUT2D eigenvalue weighted by molar-refractivity contribution is 5.80. The lowest BCUT2D eigenvalue weighted by molar-refractivity contribution is -0.139. The van der Waals surface area contributed by atoms with Crippen LogP contribution in [0.1, 0.15) is 31.9 Å². The van der Waals surface area contributed by atoms with Crippen molar-refractivity contribution in [2.24, 2.45) is 0 Å². The summed E-state index contributed by atoms with van der Waals surface area (Å²) in [6.45, 7) is 5.29. The third-order valence-corrected chi connectivity index (χ3v) is 3.96. The van der Waals surface area contributed by atoms with Crippen molar-refractivity contribution in [3.63, 3.8) is 0 Å². The van der Waals surface area contributed by atoms with Crippen molar-refractivity contribution < 1.29 is 33.3 Å². The van der Waals surface area contributed by atoms with Crippen LogP contribution >= 0.6 is 0 Å². The number of ether oxygens (including phenoxy) is 3. The van der Waals surface area contributed by atoms with Gasteiger partial charge in [0.25, 0.3) is 0 Å². The molecule has 0 aliphatic carbocycles. The van der Waals surface area contributed by atoms with Crippen molar-refractivity contribution in [2.75, 3.05) is 7.11 Å². The normalized spacial score (nSPS) is 12.0. The van der Waals surface area contributed by atoms with Crippen LogP contribution in [0, 0.1) is 5.82 Å². The van der Waals surface area contributed by atoms with E-state index in [2.05, 4.69) is 5.32 Å². The number of carbonyl (C=O) groups excluding carboxylic acids is 1. The molecule has 162 valence electrons. The summed E-state index contributed by atoms with van der Waals surface area (Å²) in [6.07, 6.45) is -0.774. The van der Waals surface area contributed by atoms with Gasteiger partial charge in [-0.25, -0.2) is 14.0 Å². The molecule has 2 aromatic rings. The molecule has 0 heterocycles. The van der Waals surface area contributed by atoms with Gasteiger partial charge in [0.15, 0.2) is 11.5 Å². The van der Waals surface area contributed by atoms with Crippen LogP contribution in [0.2, 0.25) is 0 Å². The fraction of sp³-hybridized carbons (Fsp3) is 0.364. The van der Waals surface area contributed by atoms with Gasteiger partial charge in [-0.05, 0) is 56.2 Å². The molecule has 1 atom stereocenters. The van der Waals surface area contributed by atoms with Gasteiger partial charge in [-0.1, -0.05) is 18.2 Å². The molecule has 2 N–H and O–H groups in total. The number of aliphatic carboxylic acids is 1. The van der Waals surface area contributed by atoms with E-state index in [-0.39, 0.29) is 18.8 Å². The molecule has 0 saturated carbocycles. The minimum Gasteiger partial charge on any atom is -0.493 e. The molecule has 1 amide bonds. The van der Waals surface area contributed by atoms with Crippen molar-refractivity contribution >= 4 is 12.1 Å². The molecule has 1 unspecified atom stereocenters. The van der Waals surface area contributed by atoms with E-state index in [4.69, 9.17) is 14.2 Å². The number of hydrogen-bond donors (Lipinski definition) is 2. The molecule has 8 heteroatoms. The molecular formula is C22H26FNO6. The van der Waals surface area contributed by atoms with Crippen LogP contribution < -0.4 is 14.8 Å². The first-order valence-electron chi connectivity index (χ1n) is 9.34. The van der Waals surface area contributed by atoms with Gasteiger partial charge in [-0.15, -0.1) is 0 Å². The summed E-state index contributed by atoms with van der Waals surface area (Å²) in [4.78, 5) is 23.5. The first kappa shape index (κ1) is 23.0. The minimum atomic E-state index is -1.18. The molecule has 7 nitrogen and oxygen atoms in total. The van der Waals surface area contributed by atoms with Crippen LogP contribution in [0.25, 0.3) is 0 Å². The summed E-state index contributed by atoms with van der Waals surface area (Å²) in [7, 11) is 1.47. The second-order valence-electron chi connectivity index (χ2n) is 7.64. The number of benzene rings is 2. The number of amides is 1. The Labute approximate surface area is 174 Å². The van der Waals surface area contributed by atoms with E-state index in [1.54, 1.807) is 51.1 Å². The summed E-state index contributed by atoms with van der Waals surface area (Å²) >= 11 is 0. The standard InChI is InChI=1S/C22H26FNO6/c1-22(2,3)30-21(27)24-17(20(25)26)11-15-7-10-18(19(12-15)28-4)29-13-14-5-8-16(23)9-6-14/h5-10,12,17H,11,13H2,1-4H3,(H,24,27)(H,25,26). The summed E-state index contributed by atoms with van der Waals surface area (Å²) in [5.74, 6) is -0.640. The zero-order valence-corrected chi connectivity index (χ0v) is 17.4. The fourth-order valence-corrected chi connectivity index (χ4v) is 2.59. The van der Waals surface area contributed by atoms with Gasteiger partial charge in [0.1, 0.15) is 24.1 Å². The van der Waals surface area contributed by atoms with Gasteiger partial charge in [0.05, 0.1) is 7.11 Å². The Morgan fingerprint density at radius 3 is 2.27 bits per heavy atom. The zero-order chi connectivity index (χ0) is 22.3. The minimum absolute atomic E-state index is 0.0309. The molecule has 0 spiro atoms. The van der Waals surface area contributed by atoms with Crippen LogP contribution in [-0.2, 0) is 22.6 Å². The fourth-order valence-electron chi connectivity index (χ4n) is 2.59. The maximum atomic E-state index is 13.0. The number of carboxylic acids is 1. The summed E-state index contributed by atoms with van der Waals surface area (Å²) in [6, 6.07) is 9.76. The van der Waals surface area contributed by atoms with Crippen LogP contribution in [0.3, 0.4) is 0 Å². The largest absolute Gasteiger partial charge is 0.493 e. The van der Waals surface area contributed by atoms with Gasteiger partial charge < -0.3 is 24.6 Å². The molecule has 0 fully saturated rings. The lowest BCUT2D eigenvalue weighted by Gasteiger charge is -2.22. The molecule has 2 rings (SSSR count). The number of alkyl carbamates (subject to hydrolysis) is 1. The summed E-state index contributed by atoms with van der Waals surface area (Å²) < 4.78 is 29.2. The van der Waals surface area contributed by atoms with E-state index in [0.29, 0.717) is 17.1 Å². The van der Waals surface area contributed by atoms with Crippen molar-refractivity contribution in [3.05, 3.63) is 59.4 Å². The molecular weight excluding hydrogens is 393 g/mol. The number of methoxy groups -OCH3 is 1. The Bertz CT molecular complexity index is 876. The van der Waals surface area contributed by atoms with E-state index in [1.165, 1.54) is 19.2 Å². The first-order chi connectivity index (χ1) is 14.1. The topological polar surface area (TPSA) is 94.1 Å². The average molecular weight is 419 g/mol. The third-order valence-electron chi connectivity index (χ3n) is 3.96. The smallest absolute Gasteiger partial charge is 0.408 e. The number of carbonyl (C=O) groups is 2. The van der Waals surface area contributed by atoms with E-state index >= 15 is 0 Å². The molecule has 0 aromatic heterocycles. The average Bonchev–Trinajstić information content (AvgIpc) is 2.66. The molecule has 0 saturated heterocycles. The van der Waals surface area contributed by atoms with Crippen molar-refractivity contribution in [1.29, 1.82) is 0 Å². The Kier molecular flexibility index (Phi) is 7.63. The van der Waals surface area contributed by atoms with Crippen LogP contribution in [0.5, 0.6) is 11.5 Å². The Morgan fingerprint density at radius 2 is 1.70 bits per heavy atom. The molecule has 0 aliphatic heterocycles. The monoisotopic (exact) mass is 419 g/mol. The van der Waals surface area contributed by atoms with E-state index in [1.807, 2.05) is 0 Å². The molecule has 0 bridgehead atoms. The SMILES string of the molecule is COc1cc(CC(NC(=O)OC(C)(C)C)C(=O)O)ccc1OCc1ccc(F)cc1. The Balaban J connectivity index is 2.06. The highest BCUT2D eigenvalue weighted by atomic mass is 19.1. The van der Waals surface area contributed by atoms with Crippen LogP contribution in [0.15, 0.2) is 42.5 Å². The number of hydrogen-bond acceptors (Lipinski definition) is 5. The van der Waals surface area contributed by atoms with Gasteiger partial charge >= 0.3 is 12.1 Å². The zero-order valence-electron chi connectivity index (χ0n) is 17.4. The Hall–Kier alpha value is -3.29. The Morgan fingerprint density at radius 1 is 1.07 bits per heavy atom. The number of nitrogens with one attached hydrogen (secondary N) is 1. The van der Waals surface area contributed by atoms with Crippen LogP contribution in [0.4, 0.5) is 9.18 Å². The quantitative estimate of drug-likeness (QED) is 0.673. The van der Waals surface area contributed by atoms with Gasteiger partial charge in [0, 0.05) is 6.42 Å². The van der Waals surface area contributed by atoms with E-state index < -0.39 is 23.7 Å². The maximum Gasteiger partial charge on any atom is 0.408 e. The van der Waals surface area contributed by atoms with E-state index in [0.717, 1.165) is 5.56 Å². The third kappa shape index (κ3) is 7.27. The van der Waals surface area contributed by atoms with Gasteiger partial charge in [-0.2, -0.15) is 0 Å². The predicted octanol–water partition coefficient (Wildman–Crippen LogP) is 3.93. The molecule has 2 aromatic carbocycles. The predicted molar refractivity (Wildman–Crippen MR) is 108 cm³/mol. The van der Waals surface area contributed by atoms with Crippen molar-refractivity contribution in [2.45, 2.75) is 45.4 Å². The highest BCUT2D eigenvalue weighted by Gasteiger charge is 2.24. The lowest BCUT2D eigenvalue weighted by Crippen LogP contribution is -2.44. The van der Waals surface area contributed by atoms with Gasteiger partial charge in [0.2, 0.25) is 0 Å². The first-order valence-corrected chi connectivity index (χ1v) is 9.34. The van der Waals surface area contributed by atoms with E-state index in [9.17, 15) is 19.1 Å². The molecule has 0 radical (unpaired) electrons. The van der Waals surface area contributed by atoms with Crippen molar-refractivity contribution in [3.8, 4) is 11.5 Å². The lowest BCUT2D eigenvalue weighted by atomic mass is 10.1. The maximum absolute atomic E-state index is 13.0.